The van der Waals surface area contributed by atoms with Crippen molar-refractivity contribution in [2.45, 2.75) is 136 Å². The fourth-order valence-corrected chi connectivity index (χ4v) is 4.64. The van der Waals surface area contributed by atoms with Crippen molar-refractivity contribution in [1.29, 1.82) is 0 Å². The van der Waals surface area contributed by atoms with Crippen LogP contribution in [0, 0.1) is 0 Å². The highest BCUT2D eigenvalue weighted by Crippen LogP contribution is 2.31. The molecule has 0 aromatic rings. The van der Waals surface area contributed by atoms with E-state index in [1.54, 1.807) is 41.5 Å². The van der Waals surface area contributed by atoms with Crippen LogP contribution >= 0.6 is 0 Å². The molecule has 1 saturated heterocycles. The van der Waals surface area contributed by atoms with Crippen LogP contribution in [0.4, 0.5) is 9.59 Å². The number of rotatable bonds is 16. The van der Waals surface area contributed by atoms with Crippen molar-refractivity contribution >= 4 is 47.9 Å². The van der Waals surface area contributed by atoms with Crippen LogP contribution in [0.1, 0.15) is 82.1 Å². The molecule has 0 unspecified atom stereocenters. The zero-order valence-corrected chi connectivity index (χ0v) is 32.0. The summed E-state index contributed by atoms with van der Waals surface area (Å²) in [6.45, 7) is 12.7. The predicted octanol–water partition coefficient (Wildman–Crippen LogP) is 0.942. The first-order valence-electron chi connectivity index (χ1n) is 16.7. The summed E-state index contributed by atoms with van der Waals surface area (Å²) in [5.74, 6) is -4.87. The largest absolute Gasteiger partial charge is 0.468 e. The number of methoxy groups -OCH3 is 1. The molecule has 1 aliphatic rings. The first-order valence-corrected chi connectivity index (χ1v) is 16.7. The van der Waals surface area contributed by atoms with Crippen LogP contribution in [0.3, 0.4) is 0 Å². The van der Waals surface area contributed by atoms with Gasteiger partial charge in [-0.1, -0.05) is 0 Å². The summed E-state index contributed by atoms with van der Waals surface area (Å²) in [5, 5.41) is 7.34. The fourth-order valence-electron chi connectivity index (χ4n) is 4.64. The molecule has 53 heavy (non-hydrogen) atoms. The molecule has 0 radical (unpaired) electrons. The first kappa shape index (κ1) is 46.3. The molecule has 3 amide bonds. The number of hydrogen-bond acceptors (Lipinski definition) is 17. The van der Waals surface area contributed by atoms with E-state index >= 15 is 0 Å². The van der Waals surface area contributed by atoms with Gasteiger partial charge in [0.2, 0.25) is 5.91 Å². The second-order valence-corrected chi connectivity index (χ2v) is 13.8. The van der Waals surface area contributed by atoms with Crippen molar-refractivity contribution < 1.29 is 81.0 Å². The molecule has 1 fully saturated rings. The molecule has 0 aliphatic carbocycles. The molecular formula is C33H53N3O17. The molecule has 20 heteroatoms. The Labute approximate surface area is 307 Å². The third-order valence-corrected chi connectivity index (χ3v) is 6.57. The van der Waals surface area contributed by atoms with Crippen molar-refractivity contribution in [1.82, 2.24) is 16.0 Å². The van der Waals surface area contributed by atoms with Crippen LogP contribution in [0.25, 0.3) is 0 Å². The van der Waals surface area contributed by atoms with E-state index in [1.807, 2.05) is 0 Å². The lowest BCUT2D eigenvalue weighted by atomic mass is 9.97. The van der Waals surface area contributed by atoms with Gasteiger partial charge in [0, 0.05) is 34.2 Å². The molecule has 302 valence electrons. The van der Waals surface area contributed by atoms with Crippen LogP contribution in [0.5, 0.6) is 0 Å². The molecule has 0 saturated carbocycles. The van der Waals surface area contributed by atoms with E-state index in [0.717, 1.165) is 34.8 Å². The zero-order valence-electron chi connectivity index (χ0n) is 32.0. The molecule has 1 heterocycles. The van der Waals surface area contributed by atoms with E-state index in [2.05, 4.69) is 20.7 Å². The van der Waals surface area contributed by atoms with Gasteiger partial charge in [0.1, 0.15) is 36.5 Å². The summed E-state index contributed by atoms with van der Waals surface area (Å²) in [6.07, 6.45) is -10.9. The zero-order chi connectivity index (χ0) is 40.7. The Balaban J connectivity index is 3.61. The van der Waals surface area contributed by atoms with E-state index in [9.17, 15) is 38.4 Å². The van der Waals surface area contributed by atoms with Crippen LogP contribution in [-0.2, 0) is 71.4 Å². The van der Waals surface area contributed by atoms with Gasteiger partial charge in [0.05, 0.1) is 13.2 Å². The highest BCUT2D eigenvalue weighted by molar-refractivity contribution is 5.88. The second-order valence-electron chi connectivity index (χ2n) is 13.8. The standard InChI is InChI=1S/C33H53N3O17/c1-17(37)46-16-23-25(47-18(2)38)26(48-19(3)39)27(49-20(4)40)29(51-23)50-21(14-35-30(43)52-32(5,6)7)12-13-22(28(42)34-15-24(41)45-11)36-31(44)53-33(8,9)10/h21-23,25-27,29H,12-16H2,1-11H3,(H,34,42)(H,35,43)(H,36,44)/t21-,22+,23-,25+,26+,27-,29-/m1/s1. The van der Waals surface area contributed by atoms with Gasteiger partial charge in [-0.25, -0.2) is 9.59 Å². The maximum atomic E-state index is 13.2. The Kier molecular flexibility index (Phi) is 18.4. The van der Waals surface area contributed by atoms with Gasteiger partial charge < -0.3 is 58.6 Å². The van der Waals surface area contributed by atoms with Gasteiger partial charge in [-0.3, -0.25) is 28.8 Å². The number of esters is 5. The minimum Gasteiger partial charge on any atom is -0.468 e. The third kappa shape index (κ3) is 19.1. The van der Waals surface area contributed by atoms with Crippen molar-refractivity contribution in [2.24, 2.45) is 0 Å². The van der Waals surface area contributed by atoms with Crippen LogP contribution in [-0.4, -0.2) is 129 Å². The molecule has 0 bridgehead atoms. The van der Waals surface area contributed by atoms with Gasteiger partial charge in [-0.15, -0.1) is 0 Å². The Bertz CT molecular complexity index is 1310. The lowest BCUT2D eigenvalue weighted by molar-refractivity contribution is -0.316. The average molecular weight is 764 g/mol. The van der Waals surface area contributed by atoms with E-state index in [1.165, 1.54) is 0 Å². The highest BCUT2D eigenvalue weighted by Gasteiger charge is 2.53. The van der Waals surface area contributed by atoms with Gasteiger partial charge >= 0.3 is 42.0 Å². The minimum atomic E-state index is -1.65. The third-order valence-electron chi connectivity index (χ3n) is 6.57. The molecule has 0 spiro atoms. The molecule has 0 aromatic heterocycles. The molecule has 20 nitrogen and oxygen atoms in total. The second kappa shape index (κ2) is 21.1. The summed E-state index contributed by atoms with van der Waals surface area (Å²) in [5.41, 5.74) is -1.82. The number of carbonyl (C=O) groups is 8. The van der Waals surface area contributed by atoms with E-state index in [-0.39, 0.29) is 19.4 Å². The molecule has 1 aliphatic heterocycles. The number of hydrogen-bond donors (Lipinski definition) is 3. The highest BCUT2D eigenvalue weighted by atomic mass is 16.7. The van der Waals surface area contributed by atoms with E-state index in [4.69, 9.17) is 37.9 Å². The number of ether oxygens (including phenoxy) is 9. The normalized spacial score (nSPS) is 21.0. The SMILES string of the molecule is COC(=O)CNC(=O)[C@H](CC[C@H](CNC(=O)OC(C)(C)C)O[C@@H]1O[C@H](COC(C)=O)[C@H](OC(C)=O)[C@H](OC(C)=O)[C@H]1OC(C)=O)NC(=O)OC(C)(C)C. The first-order chi connectivity index (χ1) is 24.4. The molecule has 1 rings (SSSR count). The van der Waals surface area contributed by atoms with Crippen LogP contribution in [0.15, 0.2) is 0 Å². The van der Waals surface area contributed by atoms with Crippen molar-refractivity contribution in [3.63, 3.8) is 0 Å². The smallest absolute Gasteiger partial charge is 0.408 e. The van der Waals surface area contributed by atoms with E-state index < -0.39 is 115 Å². The van der Waals surface area contributed by atoms with Gasteiger partial charge in [-0.2, -0.15) is 0 Å². The quantitative estimate of drug-likeness (QED) is 0.146. The summed E-state index contributed by atoms with van der Waals surface area (Å²) < 4.78 is 48.8. The van der Waals surface area contributed by atoms with Crippen molar-refractivity contribution in [3.8, 4) is 0 Å². The lowest BCUT2D eigenvalue weighted by Gasteiger charge is -2.44. The molecule has 7 atom stereocenters. The number of amides is 3. The average Bonchev–Trinajstić information content (AvgIpc) is 2.99. The van der Waals surface area contributed by atoms with Gasteiger partial charge in [-0.05, 0) is 54.4 Å². The number of alkyl carbamates (subject to hydrolysis) is 2. The Morgan fingerprint density at radius 3 is 1.72 bits per heavy atom. The Morgan fingerprint density at radius 2 is 1.21 bits per heavy atom. The van der Waals surface area contributed by atoms with Gasteiger partial charge in [0.15, 0.2) is 24.6 Å². The lowest BCUT2D eigenvalue weighted by Crippen LogP contribution is -2.63. The minimum absolute atomic E-state index is 0.158. The predicted molar refractivity (Wildman–Crippen MR) is 178 cm³/mol. The Morgan fingerprint density at radius 1 is 0.679 bits per heavy atom. The molecular weight excluding hydrogens is 710 g/mol. The summed E-state index contributed by atoms with van der Waals surface area (Å²) in [7, 11) is 1.12. The van der Waals surface area contributed by atoms with Crippen molar-refractivity contribution in [3.05, 3.63) is 0 Å². The fraction of sp³-hybridized carbons (Fsp3) is 0.758. The van der Waals surface area contributed by atoms with E-state index in [0.29, 0.717) is 0 Å². The monoisotopic (exact) mass is 763 g/mol. The van der Waals surface area contributed by atoms with Crippen LogP contribution in [0.2, 0.25) is 0 Å². The summed E-state index contributed by atoms with van der Waals surface area (Å²) in [4.78, 5) is 98.7. The number of nitrogens with one attached hydrogen (secondary N) is 3. The maximum Gasteiger partial charge on any atom is 0.408 e. The summed E-state index contributed by atoms with van der Waals surface area (Å²) in [6, 6.07) is -1.34. The molecule has 3 N–H and O–H groups in total. The van der Waals surface area contributed by atoms with Crippen molar-refractivity contribution in [2.75, 3.05) is 26.8 Å². The van der Waals surface area contributed by atoms with Gasteiger partial charge in [0.25, 0.3) is 0 Å². The molecule has 0 aromatic carbocycles. The van der Waals surface area contributed by atoms with Crippen LogP contribution < -0.4 is 16.0 Å². The maximum absolute atomic E-state index is 13.2. The number of carbonyl (C=O) groups excluding carboxylic acids is 8. The summed E-state index contributed by atoms with van der Waals surface area (Å²) >= 11 is 0. The topological polar surface area (TPSA) is 256 Å². The Hall–Kier alpha value is -4.72.